The van der Waals surface area contributed by atoms with E-state index in [2.05, 4.69) is 53.2 Å². The quantitative estimate of drug-likeness (QED) is 0.874. The molecule has 21 heavy (non-hydrogen) atoms. The van der Waals surface area contributed by atoms with Crippen molar-refractivity contribution in [2.24, 2.45) is 0 Å². The number of anilines is 3. The molecule has 3 rings (SSSR count). The van der Waals surface area contributed by atoms with Crippen molar-refractivity contribution in [2.75, 3.05) is 42.2 Å². The molecule has 1 aliphatic rings. The molecule has 0 bridgehead atoms. The lowest BCUT2D eigenvalue weighted by Gasteiger charge is -2.37. The fraction of sp³-hybridized carbons (Fsp3) is 0.333. The fourth-order valence-electron chi connectivity index (χ4n) is 3.02. The lowest BCUT2D eigenvalue weighted by Crippen LogP contribution is -2.39. The normalized spacial score (nSPS) is 14.1. The molecule has 0 atom stereocenters. The molecule has 110 valence electrons. The van der Waals surface area contributed by atoms with Gasteiger partial charge < -0.3 is 15.5 Å². The molecule has 0 saturated carbocycles. The maximum atomic E-state index is 5.84. The van der Waals surface area contributed by atoms with Crippen molar-refractivity contribution in [1.82, 2.24) is 0 Å². The summed E-state index contributed by atoms with van der Waals surface area (Å²) in [5, 5.41) is 0. The minimum Gasteiger partial charge on any atom is -0.399 e. The van der Waals surface area contributed by atoms with Gasteiger partial charge in [-0.1, -0.05) is 24.3 Å². The number of para-hydroxylation sites is 2. The Morgan fingerprint density at radius 2 is 1.81 bits per heavy atom. The number of fused-ring (bicyclic) bond motifs is 1. The fourth-order valence-corrected chi connectivity index (χ4v) is 3.02. The Morgan fingerprint density at radius 1 is 1.00 bits per heavy atom. The van der Waals surface area contributed by atoms with E-state index in [0.29, 0.717) is 0 Å². The van der Waals surface area contributed by atoms with Crippen LogP contribution in [0.15, 0.2) is 48.5 Å². The van der Waals surface area contributed by atoms with Crippen LogP contribution in [0.5, 0.6) is 0 Å². The van der Waals surface area contributed by atoms with Gasteiger partial charge in [0, 0.05) is 32.4 Å². The van der Waals surface area contributed by atoms with Gasteiger partial charge in [0.2, 0.25) is 0 Å². The van der Waals surface area contributed by atoms with Gasteiger partial charge in [-0.3, -0.25) is 0 Å². The zero-order chi connectivity index (χ0) is 14.7. The van der Waals surface area contributed by atoms with Crippen LogP contribution in [0.25, 0.3) is 0 Å². The molecule has 1 heterocycles. The number of nitrogens with two attached hydrogens (primary N) is 1. The summed E-state index contributed by atoms with van der Waals surface area (Å²) in [5.74, 6) is 0. The summed E-state index contributed by atoms with van der Waals surface area (Å²) in [4.78, 5) is 4.84. The summed E-state index contributed by atoms with van der Waals surface area (Å²) in [6, 6.07) is 16.9. The van der Waals surface area contributed by atoms with Crippen LogP contribution in [0.3, 0.4) is 0 Å². The Bertz CT molecular complexity index is 609. The summed E-state index contributed by atoms with van der Waals surface area (Å²) in [5.41, 5.74) is 10.7. The van der Waals surface area contributed by atoms with Gasteiger partial charge in [0.1, 0.15) is 0 Å². The average Bonchev–Trinajstić information content (AvgIpc) is 2.50. The zero-order valence-electron chi connectivity index (χ0n) is 12.6. The second-order valence-corrected chi connectivity index (χ2v) is 5.75. The molecule has 0 spiro atoms. The highest BCUT2D eigenvalue weighted by atomic mass is 15.2. The largest absolute Gasteiger partial charge is 0.399 e. The molecule has 0 unspecified atom stereocenters. The number of benzene rings is 2. The number of rotatable bonds is 4. The topological polar surface area (TPSA) is 32.5 Å². The lowest BCUT2D eigenvalue weighted by molar-refractivity contribution is 0.696. The van der Waals surface area contributed by atoms with E-state index in [4.69, 9.17) is 5.73 Å². The van der Waals surface area contributed by atoms with Crippen molar-refractivity contribution in [2.45, 2.75) is 12.8 Å². The van der Waals surface area contributed by atoms with Gasteiger partial charge >= 0.3 is 0 Å². The van der Waals surface area contributed by atoms with E-state index in [1.54, 1.807) is 0 Å². The van der Waals surface area contributed by atoms with Crippen LogP contribution in [-0.4, -0.2) is 26.7 Å². The van der Waals surface area contributed by atoms with Gasteiger partial charge in [0.25, 0.3) is 0 Å². The van der Waals surface area contributed by atoms with Crippen molar-refractivity contribution < 1.29 is 0 Å². The standard InChI is InChI=1S/C18H23N3/c1-20-12-13-21(18-10-3-2-9-17(18)20)11-5-7-15-6-4-8-16(19)14-15/h2-4,6,8-10,14H,5,7,11-13,19H2,1H3. The zero-order valence-corrected chi connectivity index (χ0v) is 12.6. The van der Waals surface area contributed by atoms with Gasteiger partial charge in [-0.2, -0.15) is 0 Å². The summed E-state index contributed by atoms with van der Waals surface area (Å²) < 4.78 is 0. The number of likely N-dealkylation sites (N-methyl/N-ethyl adjacent to an activating group) is 1. The third-order valence-electron chi connectivity index (χ3n) is 4.18. The first-order valence-corrected chi connectivity index (χ1v) is 7.63. The summed E-state index contributed by atoms with van der Waals surface area (Å²) in [6.07, 6.45) is 2.24. The molecule has 3 heteroatoms. The summed E-state index contributed by atoms with van der Waals surface area (Å²) in [6.45, 7) is 3.29. The molecule has 1 aliphatic heterocycles. The maximum absolute atomic E-state index is 5.84. The SMILES string of the molecule is CN1CCN(CCCc2cccc(N)c2)c2ccccc21. The van der Waals surface area contributed by atoms with Crippen LogP contribution in [0, 0.1) is 0 Å². The van der Waals surface area contributed by atoms with E-state index in [0.717, 1.165) is 38.2 Å². The Kier molecular flexibility index (Phi) is 4.00. The molecule has 0 saturated heterocycles. The monoisotopic (exact) mass is 281 g/mol. The number of nitrogen functional groups attached to an aromatic ring is 1. The molecule has 0 amide bonds. The third-order valence-corrected chi connectivity index (χ3v) is 4.18. The Hall–Kier alpha value is -2.16. The van der Waals surface area contributed by atoms with E-state index in [-0.39, 0.29) is 0 Å². The van der Waals surface area contributed by atoms with Gasteiger partial charge in [-0.15, -0.1) is 0 Å². The second kappa shape index (κ2) is 6.08. The first-order chi connectivity index (χ1) is 10.2. The highest BCUT2D eigenvalue weighted by molar-refractivity contribution is 5.73. The average molecular weight is 281 g/mol. The summed E-state index contributed by atoms with van der Waals surface area (Å²) >= 11 is 0. The van der Waals surface area contributed by atoms with Gasteiger partial charge in [0.15, 0.2) is 0 Å². The van der Waals surface area contributed by atoms with Crippen LogP contribution in [0.2, 0.25) is 0 Å². The number of nitrogens with zero attached hydrogens (tertiary/aromatic N) is 2. The number of hydrogen-bond donors (Lipinski definition) is 1. The molecule has 2 N–H and O–H groups in total. The van der Waals surface area contributed by atoms with Crippen LogP contribution in [-0.2, 0) is 6.42 Å². The Morgan fingerprint density at radius 3 is 2.62 bits per heavy atom. The van der Waals surface area contributed by atoms with Gasteiger partial charge in [-0.05, 0) is 42.7 Å². The Labute approximate surface area is 127 Å². The van der Waals surface area contributed by atoms with Crippen LogP contribution in [0.1, 0.15) is 12.0 Å². The predicted molar refractivity (Wildman–Crippen MR) is 91.1 cm³/mol. The number of aryl methyl sites for hydroxylation is 1. The second-order valence-electron chi connectivity index (χ2n) is 5.75. The molecule has 0 radical (unpaired) electrons. The molecule has 2 aromatic rings. The first kappa shape index (κ1) is 13.8. The van der Waals surface area contributed by atoms with E-state index >= 15 is 0 Å². The van der Waals surface area contributed by atoms with Crippen LogP contribution in [0.4, 0.5) is 17.1 Å². The first-order valence-electron chi connectivity index (χ1n) is 7.63. The predicted octanol–water partition coefficient (Wildman–Crippen LogP) is 3.16. The highest BCUT2D eigenvalue weighted by Gasteiger charge is 2.18. The molecule has 2 aromatic carbocycles. The van der Waals surface area contributed by atoms with E-state index in [9.17, 15) is 0 Å². The van der Waals surface area contributed by atoms with E-state index < -0.39 is 0 Å². The van der Waals surface area contributed by atoms with E-state index in [1.165, 1.54) is 16.9 Å². The highest BCUT2D eigenvalue weighted by Crippen LogP contribution is 2.31. The van der Waals surface area contributed by atoms with Crippen molar-refractivity contribution in [3.8, 4) is 0 Å². The van der Waals surface area contributed by atoms with E-state index in [1.807, 2.05) is 12.1 Å². The van der Waals surface area contributed by atoms with Crippen molar-refractivity contribution in [3.63, 3.8) is 0 Å². The lowest BCUT2D eigenvalue weighted by atomic mass is 10.1. The molecule has 0 aliphatic carbocycles. The third kappa shape index (κ3) is 3.13. The van der Waals surface area contributed by atoms with Crippen LogP contribution >= 0.6 is 0 Å². The van der Waals surface area contributed by atoms with Gasteiger partial charge in [0.05, 0.1) is 11.4 Å². The minimum absolute atomic E-state index is 0.859. The maximum Gasteiger partial charge on any atom is 0.0604 e. The molecule has 3 nitrogen and oxygen atoms in total. The minimum atomic E-state index is 0.859. The molecule has 0 fully saturated rings. The van der Waals surface area contributed by atoms with Crippen molar-refractivity contribution in [1.29, 1.82) is 0 Å². The Balaban J connectivity index is 1.63. The molecular formula is C18H23N3. The van der Waals surface area contributed by atoms with Gasteiger partial charge in [-0.25, -0.2) is 0 Å². The van der Waals surface area contributed by atoms with Crippen molar-refractivity contribution in [3.05, 3.63) is 54.1 Å². The smallest absolute Gasteiger partial charge is 0.0604 e. The molecule has 0 aromatic heterocycles. The summed E-state index contributed by atoms with van der Waals surface area (Å²) in [7, 11) is 2.17. The van der Waals surface area contributed by atoms with Crippen molar-refractivity contribution >= 4 is 17.1 Å². The number of hydrogen-bond acceptors (Lipinski definition) is 3. The van der Waals surface area contributed by atoms with Crippen LogP contribution < -0.4 is 15.5 Å². The molecular weight excluding hydrogens is 258 g/mol.